The molecule has 0 aliphatic carbocycles. The number of benzene rings is 2. The summed E-state index contributed by atoms with van der Waals surface area (Å²) in [5.41, 5.74) is 2.89. The number of ether oxygens (including phenoxy) is 3. The normalized spacial score (nSPS) is 14.3. The van der Waals surface area contributed by atoms with Crippen LogP contribution in [0.25, 0.3) is 6.08 Å². The molecule has 4 rings (SSSR count). The first-order valence-electron chi connectivity index (χ1n) is 8.92. The molecule has 3 aromatic rings. The highest BCUT2D eigenvalue weighted by Crippen LogP contribution is 2.31. The van der Waals surface area contributed by atoms with Gasteiger partial charge in [-0.25, -0.2) is 0 Å². The maximum atomic E-state index is 12.8. The second kappa shape index (κ2) is 7.96. The van der Waals surface area contributed by atoms with Gasteiger partial charge in [0.1, 0.15) is 30.5 Å². The molecule has 0 fully saturated rings. The van der Waals surface area contributed by atoms with Gasteiger partial charge in [-0.15, -0.1) is 0 Å². The largest absolute Gasteiger partial charge is 0.497 e. The highest BCUT2D eigenvalue weighted by molar-refractivity contribution is 6.14. The van der Waals surface area contributed by atoms with Crippen molar-refractivity contribution in [3.63, 3.8) is 0 Å². The Morgan fingerprint density at radius 3 is 2.64 bits per heavy atom. The van der Waals surface area contributed by atoms with Crippen LogP contribution in [0.5, 0.6) is 17.2 Å². The fraction of sp³-hybridized carbons (Fsp3) is 0.130. The molecule has 0 saturated carbocycles. The third kappa shape index (κ3) is 3.88. The first-order valence-corrected chi connectivity index (χ1v) is 8.92. The van der Waals surface area contributed by atoms with E-state index in [0.29, 0.717) is 29.2 Å². The minimum atomic E-state index is -0.0457. The van der Waals surface area contributed by atoms with Gasteiger partial charge in [0, 0.05) is 11.8 Å². The minimum absolute atomic E-state index is 0.0457. The van der Waals surface area contributed by atoms with Crippen molar-refractivity contribution in [1.29, 1.82) is 0 Å². The number of aromatic nitrogens is 1. The lowest BCUT2D eigenvalue weighted by atomic mass is 9.98. The Morgan fingerprint density at radius 2 is 1.89 bits per heavy atom. The number of carbonyl (C=O) groups excluding carboxylic acids is 1. The number of hydrogen-bond acceptors (Lipinski definition) is 5. The summed E-state index contributed by atoms with van der Waals surface area (Å²) in [6.07, 6.45) is 3.58. The van der Waals surface area contributed by atoms with Crippen LogP contribution < -0.4 is 14.2 Å². The van der Waals surface area contributed by atoms with E-state index in [1.165, 1.54) is 0 Å². The van der Waals surface area contributed by atoms with E-state index < -0.39 is 0 Å². The van der Waals surface area contributed by atoms with Gasteiger partial charge in [-0.2, -0.15) is 0 Å². The van der Waals surface area contributed by atoms with Crippen LogP contribution in [-0.2, 0) is 6.61 Å². The number of nitrogens with zero attached hydrogens (tertiary/aromatic N) is 1. The van der Waals surface area contributed by atoms with Crippen LogP contribution >= 0.6 is 0 Å². The Balaban J connectivity index is 1.47. The fourth-order valence-corrected chi connectivity index (χ4v) is 2.94. The van der Waals surface area contributed by atoms with Gasteiger partial charge in [0.2, 0.25) is 0 Å². The van der Waals surface area contributed by atoms with E-state index in [9.17, 15) is 4.79 Å². The van der Waals surface area contributed by atoms with Crippen molar-refractivity contribution in [2.75, 3.05) is 13.7 Å². The minimum Gasteiger partial charge on any atom is -0.497 e. The maximum absolute atomic E-state index is 12.8. The van der Waals surface area contributed by atoms with Crippen LogP contribution in [0, 0.1) is 0 Å². The monoisotopic (exact) mass is 373 g/mol. The predicted octanol–water partition coefficient (Wildman–Crippen LogP) is 4.33. The first kappa shape index (κ1) is 17.8. The van der Waals surface area contributed by atoms with Gasteiger partial charge in [0.15, 0.2) is 5.78 Å². The van der Waals surface area contributed by atoms with Gasteiger partial charge >= 0.3 is 0 Å². The van der Waals surface area contributed by atoms with Crippen LogP contribution in [0.15, 0.2) is 72.4 Å². The van der Waals surface area contributed by atoms with Crippen LogP contribution in [0.2, 0.25) is 0 Å². The number of hydrogen-bond donors (Lipinski definition) is 0. The molecule has 0 saturated heterocycles. The number of rotatable bonds is 5. The smallest absolute Gasteiger partial charge is 0.196 e. The van der Waals surface area contributed by atoms with E-state index in [1.54, 1.807) is 31.5 Å². The fourth-order valence-electron chi connectivity index (χ4n) is 2.94. The molecule has 0 bridgehead atoms. The molecule has 0 radical (unpaired) electrons. The van der Waals surface area contributed by atoms with Crippen molar-refractivity contribution in [2.24, 2.45) is 0 Å². The maximum Gasteiger partial charge on any atom is 0.196 e. The molecule has 1 aliphatic rings. The summed E-state index contributed by atoms with van der Waals surface area (Å²) in [4.78, 5) is 17.0. The molecule has 5 heteroatoms. The highest BCUT2D eigenvalue weighted by Gasteiger charge is 2.23. The molecule has 0 atom stereocenters. The summed E-state index contributed by atoms with van der Waals surface area (Å²) in [5.74, 6) is 1.91. The molecule has 140 valence electrons. The standard InChI is InChI=1S/C23H19NO4/c1-26-20-9-10-22-21(13-20)23(25)17(14-28-22)12-16-5-7-19(8-6-16)27-15-18-4-2-3-11-24-18/h2-13H,14-15H2,1H3. The average Bonchev–Trinajstić information content (AvgIpc) is 2.76. The molecule has 28 heavy (non-hydrogen) atoms. The SMILES string of the molecule is COc1ccc2c(c1)C(=O)C(=Cc1ccc(OCc3ccccn3)cc1)CO2. The van der Waals surface area contributed by atoms with E-state index in [4.69, 9.17) is 14.2 Å². The van der Waals surface area contributed by atoms with Crippen molar-refractivity contribution in [3.8, 4) is 17.2 Å². The molecule has 2 aromatic carbocycles. The topological polar surface area (TPSA) is 57.7 Å². The Labute approximate surface area is 163 Å². The Hall–Kier alpha value is -3.60. The van der Waals surface area contributed by atoms with Gasteiger partial charge < -0.3 is 14.2 Å². The molecule has 2 heterocycles. The number of pyridine rings is 1. The summed E-state index contributed by atoms with van der Waals surface area (Å²) in [7, 11) is 1.57. The van der Waals surface area contributed by atoms with Crippen molar-refractivity contribution < 1.29 is 19.0 Å². The Morgan fingerprint density at radius 1 is 1.07 bits per heavy atom. The van der Waals surface area contributed by atoms with Crippen LogP contribution in [0.3, 0.4) is 0 Å². The van der Waals surface area contributed by atoms with Crippen LogP contribution in [-0.4, -0.2) is 24.5 Å². The summed E-state index contributed by atoms with van der Waals surface area (Å²) < 4.78 is 16.7. The predicted molar refractivity (Wildman–Crippen MR) is 106 cm³/mol. The van der Waals surface area contributed by atoms with Crippen molar-refractivity contribution in [1.82, 2.24) is 4.98 Å². The first-order chi connectivity index (χ1) is 13.7. The summed E-state index contributed by atoms with van der Waals surface area (Å²) >= 11 is 0. The molecular weight excluding hydrogens is 354 g/mol. The van der Waals surface area contributed by atoms with Crippen LogP contribution in [0.4, 0.5) is 0 Å². The zero-order chi connectivity index (χ0) is 19.3. The quantitative estimate of drug-likeness (QED) is 0.623. The molecular formula is C23H19NO4. The lowest BCUT2D eigenvalue weighted by molar-refractivity contribution is 0.100. The molecule has 0 unspecified atom stereocenters. The van der Waals surface area contributed by atoms with Gasteiger partial charge in [-0.05, 0) is 54.1 Å². The number of carbonyl (C=O) groups is 1. The number of fused-ring (bicyclic) bond motifs is 1. The van der Waals surface area contributed by atoms with Gasteiger partial charge in [0.05, 0.1) is 18.4 Å². The lowest BCUT2D eigenvalue weighted by Crippen LogP contribution is -2.19. The van der Waals surface area contributed by atoms with E-state index in [2.05, 4.69) is 4.98 Å². The van der Waals surface area contributed by atoms with E-state index in [1.807, 2.05) is 48.5 Å². The van der Waals surface area contributed by atoms with Crippen molar-refractivity contribution in [3.05, 3.63) is 89.3 Å². The number of methoxy groups -OCH3 is 1. The van der Waals surface area contributed by atoms with Gasteiger partial charge in [-0.1, -0.05) is 18.2 Å². The number of Topliss-reactive ketones (excluding diaryl/α,β-unsaturated/α-hetero) is 1. The molecule has 0 amide bonds. The van der Waals surface area contributed by atoms with E-state index >= 15 is 0 Å². The lowest BCUT2D eigenvalue weighted by Gasteiger charge is -2.19. The highest BCUT2D eigenvalue weighted by atomic mass is 16.5. The zero-order valence-electron chi connectivity index (χ0n) is 15.4. The summed E-state index contributed by atoms with van der Waals surface area (Å²) in [6, 6.07) is 18.5. The molecule has 0 spiro atoms. The third-order valence-corrected chi connectivity index (χ3v) is 4.44. The second-order valence-electron chi connectivity index (χ2n) is 6.33. The summed E-state index contributed by atoms with van der Waals surface area (Å²) in [6.45, 7) is 0.655. The molecule has 0 N–H and O–H groups in total. The molecule has 1 aliphatic heterocycles. The van der Waals surface area contributed by atoms with E-state index in [-0.39, 0.29) is 12.4 Å². The van der Waals surface area contributed by atoms with Crippen LogP contribution in [0.1, 0.15) is 21.6 Å². The number of ketones is 1. The third-order valence-electron chi connectivity index (χ3n) is 4.44. The summed E-state index contributed by atoms with van der Waals surface area (Å²) in [5, 5.41) is 0. The zero-order valence-corrected chi connectivity index (χ0v) is 15.4. The molecule has 1 aromatic heterocycles. The Kier molecular flexibility index (Phi) is 5.06. The van der Waals surface area contributed by atoms with Crippen molar-refractivity contribution >= 4 is 11.9 Å². The Bertz CT molecular complexity index is 1010. The van der Waals surface area contributed by atoms with Crippen molar-refractivity contribution in [2.45, 2.75) is 6.61 Å². The van der Waals surface area contributed by atoms with Gasteiger partial charge in [-0.3, -0.25) is 9.78 Å². The average molecular weight is 373 g/mol. The van der Waals surface area contributed by atoms with E-state index in [0.717, 1.165) is 17.0 Å². The van der Waals surface area contributed by atoms with Gasteiger partial charge in [0.25, 0.3) is 0 Å². The second-order valence-corrected chi connectivity index (χ2v) is 6.33. The molecule has 5 nitrogen and oxygen atoms in total.